The van der Waals surface area contributed by atoms with Gasteiger partial charge in [-0.1, -0.05) is 0 Å². The van der Waals surface area contributed by atoms with Crippen LogP contribution in [-0.4, -0.2) is 56.3 Å². The zero-order valence-electron chi connectivity index (χ0n) is 9.94. The van der Waals surface area contributed by atoms with Gasteiger partial charge in [-0.3, -0.25) is 14.7 Å². The summed E-state index contributed by atoms with van der Waals surface area (Å²) in [7, 11) is 0. The Hall–Kier alpha value is -2.33. The van der Waals surface area contributed by atoms with Crippen molar-refractivity contribution >= 4 is 17.8 Å². The molecule has 1 aromatic rings. The molecule has 4 N–H and O–H groups in total. The average Bonchev–Trinajstić information content (AvgIpc) is 2.93. The first-order valence-electron chi connectivity index (χ1n) is 5.45. The summed E-state index contributed by atoms with van der Waals surface area (Å²) in [5.41, 5.74) is 2.24. The lowest BCUT2D eigenvalue weighted by Crippen LogP contribution is -2.47. The zero-order valence-corrected chi connectivity index (χ0v) is 9.94. The molecule has 1 aliphatic rings. The van der Waals surface area contributed by atoms with Gasteiger partial charge in [0.05, 0.1) is 0 Å². The molecule has 20 heavy (non-hydrogen) atoms. The number of carboxylic acids is 1. The fourth-order valence-electron chi connectivity index (χ4n) is 2.03. The minimum Gasteiger partial charge on any atom is -0.481 e. The second-order valence-corrected chi connectivity index (χ2v) is 4.40. The number of nitrogen functional groups attached to an aromatic ring is 1. The number of anilines is 1. The lowest BCUT2D eigenvalue weighted by molar-refractivity contribution is -0.227. The molecule has 0 radical (unpaired) electrons. The number of halogens is 3. The molecule has 110 valence electrons. The van der Waals surface area contributed by atoms with Gasteiger partial charge in [-0.25, -0.2) is 0 Å². The fraction of sp³-hybridized carbons (Fsp3) is 0.556. The topological polar surface area (TPSA) is 125 Å². The molecule has 0 spiro atoms. The highest BCUT2D eigenvalue weighted by Crippen LogP contribution is 2.45. The summed E-state index contributed by atoms with van der Waals surface area (Å²) in [6.45, 7) is -1.31. The summed E-state index contributed by atoms with van der Waals surface area (Å²) in [6.07, 6.45) is -5.66. The van der Waals surface area contributed by atoms with Gasteiger partial charge in [-0.15, -0.1) is 5.10 Å². The van der Waals surface area contributed by atoms with Gasteiger partial charge in [0.1, 0.15) is 0 Å². The number of nitrogens with zero attached hydrogens (tertiary/aromatic N) is 3. The van der Waals surface area contributed by atoms with E-state index in [-0.39, 0.29) is 18.3 Å². The van der Waals surface area contributed by atoms with Gasteiger partial charge in [0.2, 0.25) is 11.8 Å². The Bertz CT molecular complexity index is 557. The van der Waals surface area contributed by atoms with Crippen LogP contribution in [0.1, 0.15) is 17.0 Å². The Morgan fingerprint density at radius 1 is 1.45 bits per heavy atom. The molecule has 2 heterocycles. The third-order valence-corrected chi connectivity index (χ3v) is 3.21. The number of H-pyrrole nitrogens is 1. The van der Waals surface area contributed by atoms with Gasteiger partial charge in [0, 0.05) is 13.1 Å². The summed E-state index contributed by atoms with van der Waals surface area (Å²) >= 11 is 0. The molecule has 1 atom stereocenters. The van der Waals surface area contributed by atoms with E-state index < -0.39 is 36.4 Å². The molecule has 1 unspecified atom stereocenters. The van der Waals surface area contributed by atoms with Crippen molar-refractivity contribution in [3.8, 4) is 0 Å². The number of hydrogen-bond acceptors (Lipinski definition) is 5. The number of aromatic nitrogens is 3. The van der Waals surface area contributed by atoms with E-state index in [1.165, 1.54) is 0 Å². The monoisotopic (exact) mass is 293 g/mol. The molecule has 11 heteroatoms. The highest BCUT2D eigenvalue weighted by atomic mass is 19.4. The predicted octanol–water partition coefficient (Wildman–Crippen LogP) is -0.134. The smallest absolute Gasteiger partial charge is 0.406 e. The maximum absolute atomic E-state index is 12.9. The molecular formula is C9H10F3N5O3. The number of hydrogen-bond donors (Lipinski definition) is 3. The Kier molecular flexibility index (Phi) is 3.07. The minimum absolute atomic E-state index is 0.229. The van der Waals surface area contributed by atoms with Crippen molar-refractivity contribution in [1.29, 1.82) is 0 Å². The number of nitrogens with two attached hydrogens (primary N) is 1. The molecule has 1 fully saturated rings. The van der Waals surface area contributed by atoms with E-state index >= 15 is 0 Å². The molecule has 1 amide bonds. The number of amides is 1. The number of nitrogens with one attached hydrogen (secondary N) is 1. The number of carboxylic acid groups (broad SMARTS) is 1. The third kappa shape index (κ3) is 2.04. The number of alkyl halides is 3. The Balaban J connectivity index is 2.23. The van der Waals surface area contributed by atoms with Crippen molar-refractivity contribution in [1.82, 2.24) is 20.1 Å². The van der Waals surface area contributed by atoms with Crippen LogP contribution in [0, 0.1) is 5.41 Å². The van der Waals surface area contributed by atoms with Crippen LogP contribution in [0.4, 0.5) is 19.1 Å². The zero-order chi connectivity index (χ0) is 15.1. The second-order valence-electron chi connectivity index (χ2n) is 4.40. The number of aromatic amines is 1. The van der Waals surface area contributed by atoms with Crippen molar-refractivity contribution in [2.45, 2.75) is 12.6 Å². The number of aliphatic carboxylic acids is 1. The van der Waals surface area contributed by atoms with Crippen molar-refractivity contribution < 1.29 is 27.9 Å². The van der Waals surface area contributed by atoms with Crippen molar-refractivity contribution in [2.24, 2.45) is 5.41 Å². The number of carbonyl (C=O) groups excluding carboxylic acids is 1. The van der Waals surface area contributed by atoms with E-state index in [9.17, 15) is 22.8 Å². The second kappa shape index (κ2) is 4.35. The lowest BCUT2D eigenvalue weighted by Gasteiger charge is -2.26. The Morgan fingerprint density at radius 2 is 2.10 bits per heavy atom. The summed E-state index contributed by atoms with van der Waals surface area (Å²) in [5.74, 6) is -3.43. The van der Waals surface area contributed by atoms with E-state index in [0.29, 0.717) is 0 Å². The molecular weight excluding hydrogens is 283 g/mol. The third-order valence-electron chi connectivity index (χ3n) is 3.21. The number of rotatable bonds is 2. The molecule has 1 aliphatic heterocycles. The van der Waals surface area contributed by atoms with E-state index in [1.807, 2.05) is 0 Å². The molecule has 8 nitrogen and oxygen atoms in total. The normalized spacial score (nSPS) is 23.1. The first-order chi connectivity index (χ1) is 9.17. The maximum Gasteiger partial charge on any atom is 0.406 e. The van der Waals surface area contributed by atoms with Crippen LogP contribution in [0.2, 0.25) is 0 Å². The quantitative estimate of drug-likeness (QED) is 0.697. The van der Waals surface area contributed by atoms with Gasteiger partial charge in [-0.2, -0.15) is 18.2 Å². The summed E-state index contributed by atoms with van der Waals surface area (Å²) in [6, 6.07) is 0. The highest BCUT2D eigenvalue weighted by molar-refractivity contribution is 5.91. The maximum atomic E-state index is 12.9. The Labute approximate surface area is 109 Å². The van der Waals surface area contributed by atoms with E-state index in [4.69, 9.17) is 10.8 Å². The van der Waals surface area contributed by atoms with Gasteiger partial charge in [-0.05, 0) is 6.42 Å². The molecule has 1 saturated heterocycles. The lowest BCUT2D eigenvalue weighted by atomic mass is 9.86. The van der Waals surface area contributed by atoms with Gasteiger partial charge in [0.15, 0.2) is 5.41 Å². The van der Waals surface area contributed by atoms with Crippen LogP contribution < -0.4 is 5.73 Å². The predicted molar refractivity (Wildman–Crippen MR) is 57.4 cm³/mol. The molecule has 0 bridgehead atoms. The van der Waals surface area contributed by atoms with Gasteiger partial charge < -0.3 is 15.7 Å². The minimum atomic E-state index is -4.95. The van der Waals surface area contributed by atoms with E-state index in [1.54, 1.807) is 0 Å². The largest absolute Gasteiger partial charge is 0.481 e. The molecule has 0 aliphatic carbocycles. The van der Waals surface area contributed by atoms with Gasteiger partial charge in [0.25, 0.3) is 5.91 Å². The summed E-state index contributed by atoms with van der Waals surface area (Å²) in [5, 5.41) is 14.4. The molecule has 0 aromatic carbocycles. The van der Waals surface area contributed by atoms with Crippen LogP contribution in [0.25, 0.3) is 0 Å². The number of carbonyl (C=O) groups is 2. The first kappa shape index (κ1) is 14.1. The van der Waals surface area contributed by atoms with Gasteiger partial charge >= 0.3 is 12.1 Å². The molecule has 0 saturated carbocycles. The van der Waals surface area contributed by atoms with Crippen molar-refractivity contribution in [3.63, 3.8) is 0 Å². The standard InChI is InChI=1S/C9H10F3N5O3/c10-9(11,12)8(6(19)20)1-2-17(3-8)5(18)4-14-7(13)16-15-4/h1-3H2,(H,19,20)(H3,13,14,15,16). The van der Waals surface area contributed by atoms with Crippen LogP contribution in [0.5, 0.6) is 0 Å². The molecule has 2 rings (SSSR count). The summed E-state index contributed by atoms with van der Waals surface area (Å²) in [4.78, 5) is 27.1. The number of likely N-dealkylation sites (tertiary alicyclic amines) is 1. The van der Waals surface area contributed by atoms with E-state index in [2.05, 4.69) is 15.2 Å². The van der Waals surface area contributed by atoms with E-state index in [0.717, 1.165) is 4.90 Å². The van der Waals surface area contributed by atoms with Crippen molar-refractivity contribution in [2.75, 3.05) is 18.8 Å². The van der Waals surface area contributed by atoms with Crippen molar-refractivity contribution in [3.05, 3.63) is 5.82 Å². The van der Waals surface area contributed by atoms with Crippen LogP contribution in [0.3, 0.4) is 0 Å². The summed E-state index contributed by atoms with van der Waals surface area (Å²) < 4.78 is 38.8. The van der Waals surface area contributed by atoms with Crippen LogP contribution in [-0.2, 0) is 4.79 Å². The average molecular weight is 293 g/mol. The Morgan fingerprint density at radius 3 is 2.50 bits per heavy atom. The van der Waals surface area contributed by atoms with Crippen LogP contribution in [0.15, 0.2) is 0 Å². The fourth-order valence-corrected chi connectivity index (χ4v) is 2.03. The molecule has 1 aromatic heterocycles. The first-order valence-corrected chi connectivity index (χ1v) is 5.45. The highest BCUT2D eigenvalue weighted by Gasteiger charge is 2.64. The van der Waals surface area contributed by atoms with Crippen LogP contribution >= 0.6 is 0 Å². The SMILES string of the molecule is Nc1n[nH]c(C(=O)N2CCC(C(=O)O)(C(F)(F)F)C2)n1.